The summed E-state index contributed by atoms with van der Waals surface area (Å²) in [4.78, 5) is 6.46. The zero-order valence-corrected chi connectivity index (χ0v) is 11.2. The molecule has 1 aliphatic heterocycles. The number of nitrogens with zero attached hydrogens (tertiary/aromatic N) is 3. The molecule has 0 saturated carbocycles. The Labute approximate surface area is 116 Å². The summed E-state index contributed by atoms with van der Waals surface area (Å²) in [7, 11) is 0. The molecule has 106 valence electrons. The van der Waals surface area contributed by atoms with Crippen molar-refractivity contribution >= 4 is 11.6 Å². The van der Waals surface area contributed by atoms with E-state index in [1.807, 2.05) is 0 Å². The Balaban J connectivity index is 1.87. The highest BCUT2D eigenvalue weighted by atomic mass is 19.1. The lowest BCUT2D eigenvalue weighted by atomic mass is 10.2. The molecule has 2 N–H and O–H groups in total. The second-order valence-electron chi connectivity index (χ2n) is 5.00. The summed E-state index contributed by atoms with van der Waals surface area (Å²) >= 11 is 0. The summed E-state index contributed by atoms with van der Waals surface area (Å²) in [5, 5.41) is 3.99. The SMILES string of the molecule is Nc1c(F)cccc1-c1nc(N2CCCCCC2)no1. The average molecular weight is 276 g/mol. The number of para-hydroxylation sites is 1. The minimum atomic E-state index is -0.475. The Hall–Kier alpha value is -2.11. The van der Waals surface area contributed by atoms with Crippen molar-refractivity contribution < 1.29 is 8.91 Å². The van der Waals surface area contributed by atoms with Crippen molar-refractivity contribution in [2.75, 3.05) is 23.7 Å². The lowest BCUT2D eigenvalue weighted by molar-refractivity contribution is 0.429. The molecule has 1 fully saturated rings. The average Bonchev–Trinajstić information content (AvgIpc) is 2.77. The van der Waals surface area contributed by atoms with Gasteiger partial charge in [-0.1, -0.05) is 18.9 Å². The van der Waals surface area contributed by atoms with Crippen LogP contribution in [0.5, 0.6) is 0 Å². The minimum Gasteiger partial charge on any atom is -0.396 e. The zero-order chi connectivity index (χ0) is 13.9. The summed E-state index contributed by atoms with van der Waals surface area (Å²) in [5.74, 6) is 0.351. The first-order chi connectivity index (χ1) is 9.75. The molecular formula is C14H17FN4O. The number of anilines is 2. The van der Waals surface area contributed by atoms with Gasteiger partial charge in [-0.15, -0.1) is 0 Å². The summed E-state index contributed by atoms with van der Waals surface area (Å²) in [6.07, 6.45) is 4.73. The molecule has 1 aromatic carbocycles. The van der Waals surface area contributed by atoms with Crippen LogP contribution in [0.1, 0.15) is 25.7 Å². The highest BCUT2D eigenvalue weighted by molar-refractivity contribution is 5.71. The van der Waals surface area contributed by atoms with Crippen molar-refractivity contribution in [2.24, 2.45) is 0 Å². The predicted molar refractivity (Wildman–Crippen MR) is 74.8 cm³/mol. The van der Waals surface area contributed by atoms with Gasteiger partial charge in [-0.25, -0.2) is 4.39 Å². The number of nitrogens with two attached hydrogens (primary N) is 1. The van der Waals surface area contributed by atoms with Gasteiger partial charge in [-0.2, -0.15) is 4.98 Å². The molecule has 0 bridgehead atoms. The van der Waals surface area contributed by atoms with E-state index in [4.69, 9.17) is 10.3 Å². The highest BCUT2D eigenvalue weighted by Gasteiger charge is 2.18. The lowest BCUT2D eigenvalue weighted by Crippen LogP contribution is -2.24. The molecule has 1 aliphatic rings. The molecule has 1 aromatic heterocycles. The number of aromatic nitrogens is 2. The third-order valence-electron chi connectivity index (χ3n) is 3.59. The number of nitrogen functional groups attached to an aromatic ring is 1. The van der Waals surface area contributed by atoms with E-state index < -0.39 is 5.82 Å². The molecule has 0 radical (unpaired) electrons. The van der Waals surface area contributed by atoms with Gasteiger partial charge in [-0.05, 0) is 30.1 Å². The largest absolute Gasteiger partial charge is 0.396 e. The maximum atomic E-state index is 13.5. The van der Waals surface area contributed by atoms with Crippen molar-refractivity contribution in [3.63, 3.8) is 0 Å². The van der Waals surface area contributed by atoms with E-state index in [0.717, 1.165) is 25.9 Å². The molecule has 2 heterocycles. The van der Waals surface area contributed by atoms with Gasteiger partial charge in [0.1, 0.15) is 5.82 Å². The fourth-order valence-electron chi connectivity index (χ4n) is 2.45. The van der Waals surface area contributed by atoms with Gasteiger partial charge in [0.05, 0.1) is 11.3 Å². The third-order valence-corrected chi connectivity index (χ3v) is 3.59. The standard InChI is InChI=1S/C14H17FN4O/c15-11-7-5-6-10(12(11)16)13-17-14(18-20-13)19-8-3-1-2-4-9-19/h5-7H,1-4,8-9,16H2. The number of benzene rings is 1. The monoisotopic (exact) mass is 276 g/mol. The summed E-state index contributed by atoms with van der Waals surface area (Å²) < 4.78 is 18.7. The second kappa shape index (κ2) is 5.48. The molecule has 0 atom stereocenters. The molecule has 6 heteroatoms. The third kappa shape index (κ3) is 2.45. The Morgan fingerprint density at radius 1 is 1.15 bits per heavy atom. The Morgan fingerprint density at radius 2 is 1.90 bits per heavy atom. The van der Waals surface area contributed by atoms with E-state index in [2.05, 4.69) is 15.0 Å². The maximum absolute atomic E-state index is 13.5. The van der Waals surface area contributed by atoms with Crippen molar-refractivity contribution in [3.05, 3.63) is 24.0 Å². The summed E-state index contributed by atoms with van der Waals surface area (Å²) in [6.45, 7) is 1.86. The van der Waals surface area contributed by atoms with E-state index in [1.165, 1.54) is 18.9 Å². The number of hydrogen-bond donors (Lipinski definition) is 1. The first-order valence-electron chi connectivity index (χ1n) is 6.89. The molecule has 0 spiro atoms. The molecule has 0 amide bonds. The first-order valence-corrected chi connectivity index (χ1v) is 6.89. The predicted octanol–water partition coefficient (Wildman–Crippen LogP) is 2.84. The van der Waals surface area contributed by atoms with E-state index in [-0.39, 0.29) is 11.6 Å². The van der Waals surface area contributed by atoms with Crippen LogP contribution in [0, 0.1) is 5.82 Å². The Morgan fingerprint density at radius 3 is 2.65 bits per heavy atom. The van der Waals surface area contributed by atoms with Crippen molar-refractivity contribution in [2.45, 2.75) is 25.7 Å². The van der Waals surface area contributed by atoms with Crippen LogP contribution in [0.2, 0.25) is 0 Å². The van der Waals surface area contributed by atoms with Gasteiger partial charge in [0.15, 0.2) is 0 Å². The van der Waals surface area contributed by atoms with Crippen LogP contribution in [0.4, 0.5) is 16.0 Å². The fourth-order valence-corrected chi connectivity index (χ4v) is 2.45. The fraction of sp³-hybridized carbons (Fsp3) is 0.429. The van der Waals surface area contributed by atoms with E-state index in [0.29, 0.717) is 11.5 Å². The van der Waals surface area contributed by atoms with Crippen LogP contribution in [-0.2, 0) is 0 Å². The van der Waals surface area contributed by atoms with Crippen LogP contribution in [0.3, 0.4) is 0 Å². The van der Waals surface area contributed by atoms with Crippen LogP contribution in [-0.4, -0.2) is 23.2 Å². The number of halogens is 1. The molecular weight excluding hydrogens is 259 g/mol. The quantitative estimate of drug-likeness (QED) is 0.854. The van der Waals surface area contributed by atoms with Crippen LogP contribution >= 0.6 is 0 Å². The summed E-state index contributed by atoms with van der Waals surface area (Å²) in [5.41, 5.74) is 6.19. The Bertz CT molecular complexity index is 591. The topological polar surface area (TPSA) is 68.2 Å². The first kappa shape index (κ1) is 12.9. The van der Waals surface area contributed by atoms with Gasteiger partial charge >= 0.3 is 0 Å². The van der Waals surface area contributed by atoms with Crippen molar-refractivity contribution in [1.82, 2.24) is 10.1 Å². The lowest BCUT2D eigenvalue weighted by Gasteiger charge is -2.16. The van der Waals surface area contributed by atoms with Gasteiger partial charge < -0.3 is 15.2 Å². The molecule has 3 rings (SSSR count). The highest BCUT2D eigenvalue weighted by Crippen LogP contribution is 2.28. The minimum absolute atomic E-state index is 0.0403. The van der Waals surface area contributed by atoms with E-state index in [1.54, 1.807) is 12.1 Å². The second-order valence-corrected chi connectivity index (χ2v) is 5.00. The molecule has 0 unspecified atom stereocenters. The maximum Gasteiger partial charge on any atom is 0.266 e. The van der Waals surface area contributed by atoms with Crippen molar-refractivity contribution in [3.8, 4) is 11.5 Å². The van der Waals surface area contributed by atoms with Gasteiger partial charge in [-0.3, -0.25) is 0 Å². The van der Waals surface area contributed by atoms with Gasteiger partial charge in [0.2, 0.25) is 0 Å². The van der Waals surface area contributed by atoms with Crippen LogP contribution < -0.4 is 10.6 Å². The number of rotatable bonds is 2. The molecule has 1 saturated heterocycles. The van der Waals surface area contributed by atoms with Gasteiger partial charge in [0, 0.05) is 13.1 Å². The molecule has 2 aromatic rings. The van der Waals surface area contributed by atoms with E-state index in [9.17, 15) is 4.39 Å². The summed E-state index contributed by atoms with van der Waals surface area (Å²) in [6, 6.07) is 4.57. The molecule has 0 aliphatic carbocycles. The molecule has 5 nitrogen and oxygen atoms in total. The smallest absolute Gasteiger partial charge is 0.266 e. The van der Waals surface area contributed by atoms with Crippen LogP contribution in [0.15, 0.2) is 22.7 Å². The van der Waals surface area contributed by atoms with E-state index >= 15 is 0 Å². The van der Waals surface area contributed by atoms with Gasteiger partial charge in [0.25, 0.3) is 11.8 Å². The van der Waals surface area contributed by atoms with Crippen molar-refractivity contribution in [1.29, 1.82) is 0 Å². The Kier molecular flexibility index (Phi) is 3.54. The normalized spacial score (nSPS) is 16.1. The number of hydrogen-bond acceptors (Lipinski definition) is 5. The molecule has 20 heavy (non-hydrogen) atoms. The zero-order valence-electron chi connectivity index (χ0n) is 11.2. The van der Waals surface area contributed by atoms with Crippen LogP contribution in [0.25, 0.3) is 11.5 Å².